The fraction of sp³-hybridized carbons (Fsp3) is 0.222. The van der Waals surface area contributed by atoms with Gasteiger partial charge in [-0.3, -0.25) is 0 Å². The second-order valence-electron chi connectivity index (χ2n) is 3.02. The van der Waals surface area contributed by atoms with Crippen molar-refractivity contribution in [3.05, 3.63) is 34.7 Å². The van der Waals surface area contributed by atoms with E-state index in [-0.39, 0.29) is 6.04 Å². The maximum absolute atomic E-state index is 5.80. The van der Waals surface area contributed by atoms with Crippen LogP contribution in [0.1, 0.15) is 18.7 Å². The second kappa shape index (κ2) is 3.12. The summed E-state index contributed by atoms with van der Waals surface area (Å²) >= 11 is 3.44. The van der Waals surface area contributed by atoms with Crippen molar-refractivity contribution >= 4 is 21.6 Å². The average molecular weight is 240 g/mol. The van der Waals surface area contributed by atoms with Crippen molar-refractivity contribution in [2.45, 2.75) is 13.0 Å². The Labute approximate surface area is 84.7 Å². The van der Waals surface area contributed by atoms with E-state index in [1.54, 1.807) is 0 Å². The van der Waals surface area contributed by atoms with Crippen molar-refractivity contribution in [1.82, 2.24) is 9.38 Å². The summed E-state index contributed by atoms with van der Waals surface area (Å²) in [4.78, 5) is 4.28. The highest BCUT2D eigenvalue weighted by molar-refractivity contribution is 9.10. The Morgan fingerprint density at radius 1 is 1.62 bits per heavy atom. The van der Waals surface area contributed by atoms with Crippen molar-refractivity contribution in [1.29, 1.82) is 0 Å². The predicted molar refractivity (Wildman–Crippen MR) is 55.5 cm³/mol. The summed E-state index contributed by atoms with van der Waals surface area (Å²) in [7, 11) is 0. The molecule has 2 aromatic rings. The number of rotatable bonds is 1. The minimum Gasteiger partial charge on any atom is -0.323 e. The molecule has 0 bridgehead atoms. The zero-order valence-electron chi connectivity index (χ0n) is 7.24. The van der Waals surface area contributed by atoms with Crippen LogP contribution < -0.4 is 5.73 Å². The lowest BCUT2D eigenvalue weighted by Gasteiger charge is -2.04. The average Bonchev–Trinajstić information content (AvgIpc) is 2.48. The molecule has 0 aliphatic carbocycles. The summed E-state index contributed by atoms with van der Waals surface area (Å²) in [5.74, 6) is 0. The molecule has 1 unspecified atom stereocenters. The Morgan fingerprint density at radius 3 is 3.08 bits per heavy atom. The van der Waals surface area contributed by atoms with Crippen molar-refractivity contribution in [3.8, 4) is 0 Å². The van der Waals surface area contributed by atoms with Crippen LogP contribution in [0, 0.1) is 0 Å². The number of imidazole rings is 1. The third kappa shape index (κ3) is 1.36. The highest BCUT2D eigenvalue weighted by atomic mass is 79.9. The van der Waals surface area contributed by atoms with E-state index in [4.69, 9.17) is 5.73 Å². The maximum Gasteiger partial charge on any atom is 0.151 e. The first-order valence-corrected chi connectivity index (χ1v) is 4.86. The zero-order valence-corrected chi connectivity index (χ0v) is 8.82. The molecule has 13 heavy (non-hydrogen) atoms. The quantitative estimate of drug-likeness (QED) is 0.829. The van der Waals surface area contributed by atoms with E-state index in [1.165, 1.54) is 0 Å². The van der Waals surface area contributed by atoms with Gasteiger partial charge in [-0.05, 0) is 35.0 Å². The largest absolute Gasteiger partial charge is 0.323 e. The van der Waals surface area contributed by atoms with E-state index < -0.39 is 0 Å². The first kappa shape index (κ1) is 8.72. The van der Waals surface area contributed by atoms with Crippen molar-refractivity contribution in [2.24, 2.45) is 5.73 Å². The third-order valence-corrected chi connectivity index (χ3v) is 2.60. The number of halogens is 1. The van der Waals surface area contributed by atoms with Crippen molar-refractivity contribution in [2.75, 3.05) is 0 Å². The van der Waals surface area contributed by atoms with Gasteiger partial charge in [0.25, 0.3) is 0 Å². The molecule has 0 spiro atoms. The standard InChI is InChI=1S/C9H10BrN3/c1-6(11)8-5-12-9-7(10)3-2-4-13(8)9/h2-6H,11H2,1H3. The van der Waals surface area contributed by atoms with Gasteiger partial charge in [-0.15, -0.1) is 0 Å². The fourth-order valence-corrected chi connectivity index (χ4v) is 1.78. The number of hydrogen-bond acceptors (Lipinski definition) is 2. The summed E-state index contributed by atoms with van der Waals surface area (Å²) in [5, 5.41) is 0. The lowest BCUT2D eigenvalue weighted by Crippen LogP contribution is -2.07. The van der Waals surface area contributed by atoms with Gasteiger partial charge in [-0.1, -0.05) is 0 Å². The van der Waals surface area contributed by atoms with Crippen LogP contribution in [-0.2, 0) is 0 Å². The first-order chi connectivity index (χ1) is 6.20. The van der Waals surface area contributed by atoms with Gasteiger partial charge in [0, 0.05) is 12.2 Å². The van der Waals surface area contributed by atoms with E-state index in [0.29, 0.717) is 0 Å². The number of nitrogens with two attached hydrogens (primary N) is 1. The van der Waals surface area contributed by atoms with Gasteiger partial charge in [-0.2, -0.15) is 0 Å². The normalized spacial score (nSPS) is 13.5. The number of fused-ring (bicyclic) bond motifs is 1. The van der Waals surface area contributed by atoms with Crippen LogP contribution in [0.15, 0.2) is 29.0 Å². The van der Waals surface area contributed by atoms with Crippen molar-refractivity contribution in [3.63, 3.8) is 0 Å². The molecule has 0 amide bonds. The molecule has 0 aliphatic rings. The van der Waals surface area contributed by atoms with Crippen LogP contribution in [0.2, 0.25) is 0 Å². The minimum atomic E-state index is 0.00398. The van der Waals surface area contributed by atoms with E-state index in [1.807, 2.05) is 35.9 Å². The summed E-state index contributed by atoms with van der Waals surface area (Å²) in [6.45, 7) is 1.95. The van der Waals surface area contributed by atoms with E-state index in [2.05, 4.69) is 20.9 Å². The van der Waals surface area contributed by atoms with Crippen LogP contribution in [0.3, 0.4) is 0 Å². The molecule has 4 heteroatoms. The molecular formula is C9H10BrN3. The lowest BCUT2D eigenvalue weighted by atomic mass is 10.3. The molecule has 2 N–H and O–H groups in total. The van der Waals surface area contributed by atoms with Gasteiger partial charge in [0.2, 0.25) is 0 Å². The topological polar surface area (TPSA) is 43.3 Å². The van der Waals surface area contributed by atoms with Gasteiger partial charge >= 0.3 is 0 Å². The molecule has 68 valence electrons. The molecule has 0 saturated heterocycles. The molecule has 0 fully saturated rings. The van der Waals surface area contributed by atoms with Crippen LogP contribution in [0.4, 0.5) is 0 Å². The lowest BCUT2D eigenvalue weighted by molar-refractivity contribution is 0.769. The molecule has 1 atom stereocenters. The molecule has 2 aromatic heterocycles. The maximum atomic E-state index is 5.80. The van der Waals surface area contributed by atoms with Crippen LogP contribution in [-0.4, -0.2) is 9.38 Å². The molecule has 2 rings (SSSR count). The van der Waals surface area contributed by atoms with E-state index in [9.17, 15) is 0 Å². The third-order valence-electron chi connectivity index (χ3n) is 1.98. The van der Waals surface area contributed by atoms with Gasteiger partial charge in [-0.25, -0.2) is 4.98 Å². The molecule has 3 nitrogen and oxygen atoms in total. The van der Waals surface area contributed by atoms with E-state index in [0.717, 1.165) is 15.8 Å². The minimum absolute atomic E-state index is 0.00398. The molecule has 0 radical (unpaired) electrons. The highest BCUT2D eigenvalue weighted by Crippen LogP contribution is 2.19. The monoisotopic (exact) mass is 239 g/mol. The Bertz CT molecular complexity index is 433. The Hall–Kier alpha value is -0.870. The van der Waals surface area contributed by atoms with Gasteiger partial charge in [0.05, 0.1) is 16.4 Å². The molecule has 2 heterocycles. The van der Waals surface area contributed by atoms with Crippen LogP contribution in [0.25, 0.3) is 5.65 Å². The summed E-state index contributed by atoms with van der Waals surface area (Å²) in [6.07, 6.45) is 3.77. The summed E-state index contributed by atoms with van der Waals surface area (Å²) in [6, 6.07) is 3.93. The van der Waals surface area contributed by atoms with Gasteiger partial charge < -0.3 is 10.1 Å². The molecular weight excluding hydrogens is 230 g/mol. The smallest absolute Gasteiger partial charge is 0.151 e. The number of hydrogen-bond donors (Lipinski definition) is 1. The summed E-state index contributed by atoms with van der Waals surface area (Å²) in [5.41, 5.74) is 7.73. The highest BCUT2D eigenvalue weighted by Gasteiger charge is 2.07. The zero-order chi connectivity index (χ0) is 9.42. The molecule has 0 aliphatic heterocycles. The molecule has 0 saturated carbocycles. The number of aromatic nitrogens is 2. The van der Waals surface area contributed by atoms with Crippen LogP contribution >= 0.6 is 15.9 Å². The van der Waals surface area contributed by atoms with Gasteiger partial charge in [0.15, 0.2) is 5.65 Å². The van der Waals surface area contributed by atoms with E-state index >= 15 is 0 Å². The van der Waals surface area contributed by atoms with Gasteiger partial charge in [0.1, 0.15) is 0 Å². The Kier molecular flexibility index (Phi) is 2.09. The Morgan fingerprint density at radius 2 is 2.38 bits per heavy atom. The first-order valence-electron chi connectivity index (χ1n) is 4.07. The van der Waals surface area contributed by atoms with Crippen LogP contribution in [0.5, 0.6) is 0 Å². The number of nitrogens with zero attached hydrogens (tertiary/aromatic N) is 2. The predicted octanol–water partition coefficient (Wildman–Crippen LogP) is 2.12. The summed E-state index contributed by atoms with van der Waals surface area (Å²) < 4.78 is 2.98. The SMILES string of the molecule is CC(N)c1cnc2c(Br)cccn12. The Balaban J connectivity index is 2.75. The second-order valence-corrected chi connectivity index (χ2v) is 3.88. The fourth-order valence-electron chi connectivity index (χ4n) is 1.33. The van der Waals surface area contributed by atoms with Crippen molar-refractivity contribution < 1.29 is 0 Å². The number of pyridine rings is 1. The molecule has 0 aromatic carbocycles.